The minimum Gasteiger partial charge on any atom is -0.378 e. The fraction of sp³-hybridized carbons (Fsp3) is 0.615. The van der Waals surface area contributed by atoms with Crippen LogP contribution < -0.4 is 4.90 Å². The first kappa shape index (κ1) is 13.6. The van der Waals surface area contributed by atoms with Crippen molar-refractivity contribution in [2.45, 2.75) is 18.2 Å². The largest absolute Gasteiger partial charge is 0.417 e. The van der Waals surface area contributed by atoms with Gasteiger partial charge in [0, 0.05) is 25.8 Å². The van der Waals surface area contributed by atoms with Crippen LogP contribution in [0.2, 0.25) is 0 Å². The lowest BCUT2D eigenvalue weighted by Crippen LogP contribution is -2.52. The molecule has 0 aromatic carbocycles. The molecule has 0 saturated carbocycles. The van der Waals surface area contributed by atoms with Gasteiger partial charge in [0.2, 0.25) is 0 Å². The molecular formula is C13H15F3N2O2. The van der Waals surface area contributed by atoms with E-state index in [-0.39, 0.29) is 5.60 Å². The highest BCUT2D eigenvalue weighted by Crippen LogP contribution is 2.32. The van der Waals surface area contributed by atoms with Gasteiger partial charge in [-0.15, -0.1) is 0 Å². The number of anilines is 1. The Morgan fingerprint density at radius 1 is 1.25 bits per heavy atom. The standard InChI is InChI=1S/C13H15F3N2O2/c14-13(15,16)10-1-2-11(17-7-10)18-4-6-20-12(8-18)3-5-19-9-12/h1-2,7H,3-6,8-9H2. The number of hydrogen-bond donors (Lipinski definition) is 0. The molecule has 4 nitrogen and oxygen atoms in total. The van der Waals surface area contributed by atoms with Gasteiger partial charge in [-0.3, -0.25) is 0 Å². The summed E-state index contributed by atoms with van der Waals surface area (Å²) in [6.45, 7) is 2.95. The molecule has 3 heterocycles. The number of aromatic nitrogens is 1. The van der Waals surface area contributed by atoms with Crippen molar-refractivity contribution >= 4 is 5.82 Å². The molecule has 1 unspecified atom stereocenters. The highest BCUT2D eigenvalue weighted by molar-refractivity contribution is 5.41. The average Bonchev–Trinajstić information content (AvgIpc) is 2.86. The normalized spacial score (nSPS) is 27.2. The zero-order chi connectivity index (χ0) is 14.2. The van der Waals surface area contributed by atoms with E-state index < -0.39 is 11.7 Å². The molecule has 20 heavy (non-hydrogen) atoms. The van der Waals surface area contributed by atoms with E-state index in [0.29, 0.717) is 38.7 Å². The third kappa shape index (κ3) is 2.60. The lowest BCUT2D eigenvalue weighted by molar-refractivity contribution is -0.137. The van der Waals surface area contributed by atoms with Crippen molar-refractivity contribution in [3.8, 4) is 0 Å². The van der Waals surface area contributed by atoms with Crippen LogP contribution in [0.25, 0.3) is 0 Å². The van der Waals surface area contributed by atoms with Gasteiger partial charge in [-0.05, 0) is 12.1 Å². The van der Waals surface area contributed by atoms with Crippen LogP contribution >= 0.6 is 0 Å². The van der Waals surface area contributed by atoms with Crippen LogP contribution in [0.4, 0.5) is 19.0 Å². The molecule has 0 amide bonds. The molecule has 0 bridgehead atoms. The maximum absolute atomic E-state index is 12.5. The molecule has 1 aromatic rings. The van der Waals surface area contributed by atoms with Gasteiger partial charge < -0.3 is 14.4 Å². The molecule has 2 aliphatic heterocycles. The number of halogens is 3. The molecular weight excluding hydrogens is 273 g/mol. The van der Waals surface area contributed by atoms with Crippen LogP contribution in [-0.2, 0) is 15.7 Å². The molecule has 2 fully saturated rings. The van der Waals surface area contributed by atoms with E-state index in [1.165, 1.54) is 6.07 Å². The van der Waals surface area contributed by atoms with Crippen molar-refractivity contribution in [1.82, 2.24) is 4.98 Å². The summed E-state index contributed by atoms with van der Waals surface area (Å²) in [6.07, 6.45) is -2.66. The zero-order valence-electron chi connectivity index (χ0n) is 10.8. The molecule has 0 aliphatic carbocycles. The van der Waals surface area contributed by atoms with Crippen LogP contribution in [0.5, 0.6) is 0 Å². The molecule has 1 atom stereocenters. The van der Waals surface area contributed by atoms with Crippen LogP contribution in [-0.4, -0.2) is 43.5 Å². The van der Waals surface area contributed by atoms with E-state index in [1.807, 2.05) is 4.90 Å². The highest BCUT2D eigenvalue weighted by atomic mass is 19.4. The highest BCUT2D eigenvalue weighted by Gasteiger charge is 2.41. The van der Waals surface area contributed by atoms with Crippen molar-refractivity contribution < 1.29 is 22.6 Å². The number of nitrogens with zero attached hydrogens (tertiary/aromatic N) is 2. The second-order valence-corrected chi connectivity index (χ2v) is 5.16. The minimum atomic E-state index is -4.35. The number of rotatable bonds is 1. The quantitative estimate of drug-likeness (QED) is 0.792. The van der Waals surface area contributed by atoms with Crippen molar-refractivity contribution in [2.75, 3.05) is 37.8 Å². The van der Waals surface area contributed by atoms with Gasteiger partial charge in [-0.1, -0.05) is 0 Å². The van der Waals surface area contributed by atoms with Gasteiger partial charge in [-0.2, -0.15) is 13.2 Å². The minimum absolute atomic E-state index is 0.331. The predicted molar refractivity (Wildman–Crippen MR) is 65.6 cm³/mol. The monoisotopic (exact) mass is 288 g/mol. The SMILES string of the molecule is FC(F)(F)c1ccc(N2CCOC3(CCOC3)C2)nc1. The molecule has 7 heteroatoms. The van der Waals surface area contributed by atoms with Gasteiger partial charge in [0.15, 0.2) is 0 Å². The molecule has 0 N–H and O–H groups in total. The smallest absolute Gasteiger partial charge is 0.378 e. The van der Waals surface area contributed by atoms with Crippen molar-refractivity contribution in [2.24, 2.45) is 0 Å². The van der Waals surface area contributed by atoms with Gasteiger partial charge in [-0.25, -0.2) is 4.98 Å². The molecule has 0 radical (unpaired) electrons. The molecule has 1 spiro atoms. The van der Waals surface area contributed by atoms with E-state index in [0.717, 1.165) is 18.7 Å². The van der Waals surface area contributed by atoms with Gasteiger partial charge in [0.25, 0.3) is 0 Å². The van der Waals surface area contributed by atoms with Gasteiger partial charge >= 0.3 is 6.18 Å². The summed E-state index contributed by atoms with van der Waals surface area (Å²) in [5.41, 5.74) is -1.06. The Morgan fingerprint density at radius 2 is 2.10 bits per heavy atom. The Bertz CT molecular complexity index is 469. The number of hydrogen-bond acceptors (Lipinski definition) is 4. The fourth-order valence-corrected chi connectivity index (χ4v) is 2.61. The summed E-state index contributed by atoms with van der Waals surface area (Å²) in [5, 5.41) is 0. The van der Waals surface area contributed by atoms with Gasteiger partial charge in [0.05, 0.1) is 25.3 Å². The topological polar surface area (TPSA) is 34.6 Å². The summed E-state index contributed by atoms with van der Waals surface area (Å²) in [6, 6.07) is 2.48. The van der Waals surface area contributed by atoms with Crippen LogP contribution in [0, 0.1) is 0 Å². The molecule has 2 saturated heterocycles. The summed E-state index contributed by atoms with van der Waals surface area (Å²) in [7, 11) is 0. The molecule has 2 aliphatic rings. The van der Waals surface area contributed by atoms with E-state index >= 15 is 0 Å². The van der Waals surface area contributed by atoms with Crippen LogP contribution in [0.1, 0.15) is 12.0 Å². The zero-order valence-corrected chi connectivity index (χ0v) is 10.8. The maximum Gasteiger partial charge on any atom is 0.417 e. The van der Waals surface area contributed by atoms with E-state index in [4.69, 9.17) is 9.47 Å². The second-order valence-electron chi connectivity index (χ2n) is 5.16. The number of ether oxygens (including phenoxy) is 2. The summed E-state index contributed by atoms with van der Waals surface area (Å²) < 4.78 is 48.7. The lowest BCUT2D eigenvalue weighted by Gasteiger charge is -2.40. The van der Waals surface area contributed by atoms with Crippen LogP contribution in [0.3, 0.4) is 0 Å². The first-order valence-electron chi connectivity index (χ1n) is 6.48. The summed E-state index contributed by atoms with van der Waals surface area (Å²) in [5.74, 6) is 0.549. The third-order valence-electron chi connectivity index (χ3n) is 3.71. The molecule has 1 aromatic heterocycles. The van der Waals surface area contributed by atoms with Crippen LogP contribution in [0.15, 0.2) is 18.3 Å². The fourth-order valence-electron chi connectivity index (χ4n) is 2.61. The van der Waals surface area contributed by atoms with Crippen molar-refractivity contribution in [1.29, 1.82) is 0 Å². The third-order valence-corrected chi connectivity index (χ3v) is 3.71. The van der Waals surface area contributed by atoms with Crippen molar-refractivity contribution in [3.63, 3.8) is 0 Å². The maximum atomic E-state index is 12.5. The lowest BCUT2D eigenvalue weighted by atomic mass is 10.0. The number of pyridine rings is 1. The second kappa shape index (κ2) is 4.89. The molecule has 3 rings (SSSR count). The molecule has 110 valence electrons. The first-order chi connectivity index (χ1) is 9.49. The number of morpholine rings is 1. The van der Waals surface area contributed by atoms with E-state index in [1.54, 1.807) is 0 Å². The Labute approximate surface area is 114 Å². The van der Waals surface area contributed by atoms with Gasteiger partial charge in [0.1, 0.15) is 11.4 Å². The predicted octanol–water partition coefficient (Wildman–Crippen LogP) is 2.10. The van der Waals surface area contributed by atoms with Crippen molar-refractivity contribution in [3.05, 3.63) is 23.9 Å². The summed E-state index contributed by atoms with van der Waals surface area (Å²) >= 11 is 0. The van der Waals surface area contributed by atoms with E-state index in [9.17, 15) is 13.2 Å². The Balaban J connectivity index is 1.75. The Kier molecular flexibility index (Phi) is 3.33. The Hall–Kier alpha value is -1.34. The summed E-state index contributed by atoms with van der Waals surface area (Å²) in [4.78, 5) is 5.89. The van der Waals surface area contributed by atoms with E-state index in [2.05, 4.69) is 4.98 Å². The first-order valence-corrected chi connectivity index (χ1v) is 6.48. The number of alkyl halides is 3. The Morgan fingerprint density at radius 3 is 2.70 bits per heavy atom. The average molecular weight is 288 g/mol.